The second-order valence-corrected chi connectivity index (χ2v) is 8.75. The molecule has 0 aliphatic heterocycles. The molecule has 0 atom stereocenters. The predicted molar refractivity (Wildman–Crippen MR) is 115 cm³/mol. The van der Waals surface area contributed by atoms with Gasteiger partial charge in [-0.1, -0.05) is 55.8 Å². The van der Waals surface area contributed by atoms with Crippen LogP contribution in [0.3, 0.4) is 0 Å². The molecule has 0 saturated heterocycles. The van der Waals surface area contributed by atoms with Gasteiger partial charge in [0.05, 0.1) is 10.6 Å². The fourth-order valence-electron chi connectivity index (χ4n) is 3.33. The van der Waals surface area contributed by atoms with Crippen molar-refractivity contribution in [2.45, 2.75) is 38.0 Å². The van der Waals surface area contributed by atoms with Crippen molar-refractivity contribution in [3.05, 3.63) is 71.3 Å². The third kappa shape index (κ3) is 5.18. The number of carboxylic acid groups (broad SMARTS) is 1. The molecule has 1 amide bonds. The number of rotatable bonds is 8. The number of carboxylic acids is 1. The average Bonchev–Trinajstić information content (AvgIpc) is 3.11. The highest BCUT2D eigenvalue weighted by Crippen LogP contribution is 2.28. The van der Waals surface area contributed by atoms with Gasteiger partial charge in [0.25, 0.3) is 10.0 Å². The van der Waals surface area contributed by atoms with Crippen LogP contribution < -0.4 is 4.72 Å². The lowest BCUT2D eigenvalue weighted by atomic mass is 10.0. The molecule has 0 saturated carbocycles. The van der Waals surface area contributed by atoms with Gasteiger partial charge >= 0.3 is 5.97 Å². The van der Waals surface area contributed by atoms with E-state index in [-0.39, 0.29) is 10.7 Å². The number of nitrogens with one attached hydrogen (secondary N) is 2. The Hall–Kier alpha value is -3.46. The number of amides is 1. The Morgan fingerprint density at radius 2 is 1.77 bits per heavy atom. The van der Waals surface area contributed by atoms with Gasteiger partial charge in [0.1, 0.15) is 0 Å². The Bertz CT molecular complexity index is 1210. The van der Waals surface area contributed by atoms with Crippen molar-refractivity contribution in [3.8, 4) is 11.1 Å². The minimum atomic E-state index is -3.98. The quantitative estimate of drug-likeness (QED) is 0.492. The highest BCUT2D eigenvalue weighted by molar-refractivity contribution is 7.90. The molecule has 3 N–H and O–H groups in total. The molecule has 0 aliphatic rings. The molecule has 162 valence electrons. The van der Waals surface area contributed by atoms with Crippen molar-refractivity contribution in [1.82, 2.24) is 14.7 Å². The number of hydrogen-bond donors (Lipinski definition) is 3. The summed E-state index contributed by atoms with van der Waals surface area (Å²) in [6, 6.07) is 13.8. The molecule has 3 rings (SSSR count). The molecular weight excluding hydrogens is 418 g/mol. The SMILES string of the molecule is CCCc1nc(C(=O)O)[nH]c1Cc1ccc(-c2ccccc2S(=O)(=O)NC(C)=O)cc1. The number of aromatic amines is 1. The van der Waals surface area contributed by atoms with E-state index < -0.39 is 21.9 Å². The van der Waals surface area contributed by atoms with Crippen LogP contribution in [0.4, 0.5) is 0 Å². The molecule has 31 heavy (non-hydrogen) atoms. The first-order chi connectivity index (χ1) is 14.7. The largest absolute Gasteiger partial charge is 0.475 e. The fourth-order valence-corrected chi connectivity index (χ4v) is 4.55. The molecule has 1 heterocycles. The molecule has 9 heteroatoms. The minimum Gasteiger partial charge on any atom is -0.475 e. The Balaban J connectivity index is 1.91. The van der Waals surface area contributed by atoms with Gasteiger partial charge in [-0.25, -0.2) is 22.9 Å². The van der Waals surface area contributed by atoms with Gasteiger partial charge in [-0.05, 0) is 23.6 Å². The van der Waals surface area contributed by atoms with Gasteiger partial charge in [-0.3, -0.25) is 4.79 Å². The topological polar surface area (TPSA) is 129 Å². The predicted octanol–water partition coefficient (Wildman–Crippen LogP) is 3.14. The third-order valence-electron chi connectivity index (χ3n) is 4.65. The minimum absolute atomic E-state index is 0.0165. The summed E-state index contributed by atoms with van der Waals surface area (Å²) >= 11 is 0. The molecule has 0 radical (unpaired) electrons. The molecule has 0 spiro atoms. The Labute approximate surface area is 180 Å². The third-order valence-corrected chi connectivity index (χ3v) is 6.15. The molecular formula is C22H23N3O5S. The van der Waals surface area contributed by atoms with Crippen LogP contribution in [0.15, 0.2) is 53.4 Å². The standard InChI is InChI=1S/C22H23N3O5S/c1-3-6-18-19(24-21(23-18)22(27)28)13-15-9-11-16(12-10-15)17-7-4-5-8-20(17)31(29,30)25-14(2)26/h4-5,7-12H,3,6,13H2,1-2H3,(H,23,24)(H,25,26)(H,27,28). The number of hydrogen-bond acceptors (Lipinski definition) is 5. The highest BCUT2D eigenvalue weighted by atomic mass is 32.2. The van der Waals surface area contributed by atoms with Crippen LogP contribution in [0.25, 0.3) is 11.1 Å². The number of nitrogens with zero attached hydrogens (tertiary/aromatic N) is 1. The van der Waals surface area contributed by atoms with Crippen molar-refractivity contribution in [2.75, 3.05) is 0 Å². The van der Waals surface area contributed by atoms with E-state index in [9.17, 15) is 23.1 Å². The van der Waals surface area contributed by atoms with E-state index in [2.05, 4.69) is 9.97 Å². The lowest BCUT2D eigenvalue weighted by molar-refractivity contribution is -0.117. The number of aryl methyl sites for hydroxylation is 1. The maximum absolute atomic E-state index is 12.5. The second kappa shape index (κ2) is 9.13. The van der Waals surface area contributed by atoms with Gasteiger partial charge in [0.2, 0.25) is 11.7 Å². The molecule has 0 bridgehead atoms. The number of sulfonamides is 1. The zero-order chi connectivity index (χ0) is 22.6. The molecule has 0 fully saturated rings. The summed E-state index contributed by atoms with van der Waals surface area (Å²) in [6.07, 6.45) is 1.99. The number of imidazole rings is 1. The van der Waals surface area contributed by atoms with Crippen LogP contribution >= 0.6 is 0 Å². The van der Waals surface area contributed by atoms with Crippen molar-refractivity contribution >= 4 is 21.9 Å². The average molecular weight is 442 g/mol. The van der Waals surface area contributed by atoms with Crippen LogP contribution in [0.2, 0.25) is 0 Å². The van der Waals surface area contributed by atoms with E-state index in [0.29, 0.717) is 24.0 Å². The molecule has 8 nitrogen and oxygen atoms in total. The summed E-state index contributed by atoms with van der Waals surface area (Å²) in [7, 11) is -3.98. The van der Waals surface area contributed by atoms with Crippen molar-refractivity contribution in [3.63, 3.8) is 0 Å². The van der Waals surface area contributed by atoms with Gasteiger partial charge in [-0.15, -0.1) is 0 Å². The van der Waals surface area contributed by atoms with E-state index in [1.165, 1.54) is 6.07 Å². The molecule has 2 aromatic carbocycles. The van der Waals surface area contributed by atoms with Crippen molar-refractivity contribution < 1.29 is 23.1 Å². The maximum Gasteiger partial charge on any atom is 0.371 e. The zero-order valence-corrected chi connectivity index (χ0v) is 18.0. The fraction of sp³-hybridized carbons (Fsp3) is 0.227. The van der Waals surface area contributed by atoms with Gasteiger partial charge in [0, 0.05) is 24.6 Å². The normalized spacial score (nSPS) is 11.3. The zero-order valence-electron chi connectivity index (χ0n) is 17.2. The van der Waals surface area contributed by atoms with E-state index in [1.807, 2.05) is 23.8 Å². The number of aromatic carboxylic acids is 1. The molecule has 0 unspecified atom stereocenters. The van der Waals surface area contributed by atoms with Crippen molar-refractivity contribution in [2.24, 2.45) is 0 Å². The summed E-state index contributed by atoms with van der Waals surface area (Å²) in [5.41, 5.74) is 3.56. The number of H-pyrrole nitrogens is 1. The van der Waals surface area contributed by atoms with E-state index in [1.54, 1.807) is 30.3 Å². The maximum atomic E-state index is 12.5. The first-order valence-corrected chi connectivity index (χ1v) is 11.2. The monoisotopic (exact) mass is 441 g/mol. The number of benzene rings is 2. The molecule has 1 aromatic heterocycles. The Morgan fingerprint density at radius 1 is 1.10 bits per heavy atom. The van der Waals surface area contributed by atoms with E-state index >= 15 is 0 Å². The van der Waals surface area contributed by atoms with Crippen molar-refractivity contribution in [1.29, 1.82) is 0 Å². The summed E-state index contributed by atoms with van der Waals surface area (Å²) in [4.78, 5) is 29.6. The lowest BCUT2D eigenvalue weighted by Gasteiger charge is -2.11. The molecule has 0 aliphatic carbocycles. The number of aromatic nitrogens is 2. The summed E-state index contributed by atoms with van der Waals surface area (Å²) in [5, 5.41) is 9.20. The van der Waals surface area contributed by atoms with E-state index in [0.717, 1.165) is 30.3 Å². The van der Waals surface area contributed by atoms with Gasteiger partial charge < -0.3 is 10.1 Å². The second-order valence-electron chi connectivity index (χ2n) is 7.10. The Kier molecular flexibility index (Phi) is 6.55. The first-order valence-electron chi connectivity index (χ1n) is 9.74. The van der Waals surface area contributed by atoms with Crippen LogP contribution in [-0.4, -0.2) is 35.4 Å². The molecule has 3 aromatic rings. The smallest absolute Gasteiger partial charge is 0.371 e. The van der Waals surface area contributed by atoms with Gasteiger partial charge in [-0.2, -0.15) is 0 Å². The first kappa shape index (κ1) is 22.2. The summed E-state index contributed by atoms with van der Waals surface area (Å²) in [6.45, 7) is 3.15. The van der Waals surface area contributed by atoms with E-state index in [4.69, 9.17) is 0 Å². The summed E-state index contributed by atoms with van der Waals surface area (Å²) in [5.74, 6) is -1.84. The number of carbonyl (C=O) groups is 2. The van der Waals surface area contributed by atoms with Crippen LogP contribution in [0.5, 0.6) is 0 Å². The lowest BCUT2D eigenvalue weighted by Crippen LogP contribution is -2.28. The van der Waals surface area contributed by atoms with Crippen LogP contribution in [-0.2, 0) is 27.7 Å². The Morgan fingerprint density at radius 3 is 2.39 bits per heavy atom. The van der Waals surface area contributed by atoms with Crippen LogP contribution in [0, 0.1) is 0 Å². The summed E-state index contributed by atoms with van der Waals surface area (Å²) < 4.78 is 27.0. The van der Waals surface area contributed by atoms with Crippen LogP contribution in [0.1, 0.15) is 47.8 Å². The highest BCUT2D eigenvalue weighted by Gasteiger charge is 2.20. The number of carbonyl (C=O) groups excluding carboxylic acids is 1. The van der Waals surface area contributed by atoms with Gasteiger partial charge in [0.15, 0.2) is 0 Å².